The van der Waals surface area contributed by atoms with Crippen molar-refractivity contribution >= 4 is 5.91 Å². The maximum Gasteiger partial charge on any atom is 0.222 e. The zero-order chi connectivity index (χ0) is 16.8. The molecule has 2 heterocycles. The number of nitrogens with one attached hydrogen (secondary N) is 1. The largest absolute Gasteiger partial charge is 0.353 e. The minimum absolute atomic E-state index is 0.181. The van der Waals surface area contributed by atoms with Crippen molar-refractivity contribution in [3.05, 3.63) is 18.0 Å². The van der Waals surface area contributed by atoms with Crippen LogP contribution in [0.4, 0.5) is 0 Å². The van der Waals surface area contributed by atoms with Crippen LogP contribution in [-0.4, -0.2) is 46.3 Å². The molecule has 0 aromatic carbocycles. The Labute approximate surface area is 145 Å². The topological polar surface area (TPSA) is 50.2 Å². The van der Waals surface area contributed by atoms with Crippen molar-refractivity contribution in [1.29, 1.82) is 0 Å². The molecule has 2 aliphatic rings. The summed E-state index contributed by atoms with van der Waals surface area (Å²) >= 11 is 0. The Morgan fingerprint density at radius 3 is 2.75 bits per heavy atom. The van der Waals surface area contributed by atoms with Gasteiger partial charge in [-0.05, 0) is 57.7 Å². The molecule has 5 nitrogen and oxygen atoms in total. The van der Waals surface area contributed by atoms with E-state index in [1.165, 1.54) is 58.2 Å². The summed E-state index contributed by atoms with van der Waals surface area (Å²) in [7, 11) is 0. The lowest BCUT2D eigenvalue weighted by atomic mass is 9.83. The van der Waals surface area contributed by atoms with E-state index in [1.807, 2.05) is 17.7 Å². The molecule has 1 N–H and O–H groups in total. The van der Waals surface area contributed by atoms with Crippen molar-refractivity contribution in [1.82, 2.24) is 20.0 Å². The summed E-state index contributed by atoms with van der Waals surface area (Å²) in [5.74, 6) is 0.813. The maximum absolute atomic E-state index is 12.4. The van der Waals surface area contributed by atoms with Crippen molar-refractivity contribution in [2.24, 2.45) is 5.92 Å². The van der Waals surface area contributed by atoms with Crippen LogP contribution in [0.25, 0.3) is 0 Å². The first-order valence-electron chi connectivity index (χ1n) is 9.72. The maximum atomic E-state index is 12.4. The lowest BCUT2D eigenvalue weighted by molar-refractivity contribution is -0.122. The van der Waals surface area contributed by atoms with Gasteiger partial charge in [-0.2, -0.15) is 5.10 Å². The minimum atomic E-state index is 0.181. The van der Waals surface area contributed by atoms with E-state index in [9.17, 15) is 4.79 Å². The number of hydrogen-bond donors (Lipinski definition) is 1. The highest BCUT2D eigenvalue weighted by atomic mass is 16.1. The van der Waals surface area contributed by atoms with E-state index in [0.29, 0.717) is 24.9 Å². The average molecular weight is 332 g/mol. The second-order valence-corrected chi connectivity index (χ2v) is 7.53. The number of likely N-dealkylation sites (tertiary alicyclic amines) is 1. The fraction of sp³-hybridized carbons (Fsp3) is 0.789. The summed E-state index contributed by atoms with van der Waals surface area (Å²) in [6, 6.07) is 2.35. The quantitative estimate of drug-likeness (QED) is 0.871. The van der Waals surface area contributed by atoms with Gasteiger partial charge in [-0.25, -0.2) is 0 Å². The molecule has 2 fully saturated rings. The van der Waals surface area contributed by atoms with Gasteiger partial charge in [0.2, 0.25) is 5.91 Å². The molecule has 0 radical (unpaired) electrons. The molecular formula is C19H32N4O. The summed E-state index contributed by atoms with van der Waals surface area (Å²) in [6.07, 6.45) is 11.4. The van der Waals surface area contributed by atoms with Crippen molar-refractivity contribution in [2.75, 3.05) is 19.6 Å². The molecule has 1 saturated carbocycles. The molecule has 24 heavy (non-hydrogen) atoms. The van der Waals surface area contributed by atoms with Crippen LogP contribution in [-0.2, 0) is 11.3 Å². The minimum Gasteiger partial charge on any atom is -0.353 e. The van der Waals surface area contributed by atoms with Crippen molar-refractivity contribution < 1.29 is 4.79 Å². The molecule has 1 aromatic rings. The summed E-state index contributed by atoms with van der Waals surface area (Å²) in [6.45, 7) is 6.36. The molecule has 0 bridgehead atoms. The highest BCUT2D eigenvalue weighted by Gasteiger charge is 2.28. The van der Waals surface area contributed by atoms with E-state index >= 15 is 0 Å². The van der Waals surface area contributed by atoms with Gasteiger partial charge in [-0.3, -0.25) is 9.48 Å². The average Bonchev–Trinajstić information content (AvgIpc) is 3.01. The van der Waals surface area contributed by atoms with Gasteiger partial charge >= 0.3 is 0 Å². The first kappa shape index (κ1) is 17.5. The predicted molar refractivity (Wildman–Crippen MR) is 95.8 cm³/mol. The van der Waals surface area contributed by atoms with Crippen LogP contribution >= 0.6 is 0 Å². The number of aryl methyl sites for hydroxylation is 2. The van der Waals surface area contributed by atoms with Crippen LogP contribution in [0.1, 0.15) is 57.1 Å². The molecular weight excluding hydrogens is 300 g/mol. The van der Waals surface area contributed by atoms with Gasteiger partial charge in [0.25, 0.3) is 0 Å². The third kappa shape index (κ3) is 4.82. The molecule has 0 spiro atoms. The van der Waals surface area contributed by atoms with Gasteiger partial charge in [0.15, 0.2) is 0 Å². The number of piperidine rings is 1. The SMILES string of the molecule is Cc1ccnn1CCC(=O)N[C@@H]1CCCC[C@H]1CN1CCCCC1. The van der Waals surface area contributed by atoms with E-state index in [4.69, 9.17) is 0 Å². The zero-order valence-corrected chi connectivity index (χ0v) is 15.0. The molecule has 1 aliphatic heterocycles. The van der Waals surface area contributed by atoms with Crippen LogP contribution in [0, 0.1) is 12.8 Å². The Balaban J connectivity index is 1.47. The number of amides is 1. The molecule has 2 atom stereocenters. The van der Waals surface area contributed by atoms with Crippen LogP contribution in [0.5, 0.6) is 0 Å². The Morgan fingerprint density at radius 2 is 2.00 bits per heavy atom. The summed E-state index contributed by atoms with van der Waals surface area (Å²) in [5.41, 5.74) is 1.11. The Bertz CT molecular complexity index is 521. The van der Waals surface area contributed by atoms with Crippen LogP contribution < -0.4 is 5.32 Å². The van der Waals surface area contributed by atoms with E-state index in [2.05, 4.69) is 15.3 Å². The second-order valence-electron chi connectivity index (χ2n) is 7.53. The number of hydrogen-bond acceptors (Lipinski definition) is 3. The van der Waals surface area contributed by atoms with Gasteiger partial charge in [0, 0.05) is 37.4 Å². The fourth-order valence-corrected chi connectivity index (χ4v) is 4.21. The van der Waals surface area contributed by atoms with Gasteiger partial charge < -0.3 is 10.2 Å². The van der Waals surface area contributed by atoms with Gasteiger partial charge in [-0.1, -0.05) is 19.3 Å². The first-order valence-corrected chi connectivity index (χ1v) is 9.72. The normalized spacial score (nSPS) is 25.5. The highest BCUT2D eigenvalue weighted by Crippen LogP contribution is 2.26. The molecule has 1 amide bonds. The summed E-state index contributed by atoms with van der Waals surface area (Å²) < 4.78 is 1.91. The van der Waals surface area contributed by atoms with Crippen LogP contribution in [0.3, 0.4) is 0 Å². The second kappa shape index (κ2) is 8.65. The van der Waals surface area contributed by atoms with Crippen molar-refractivity contribution in [3.63, 3.8) is 0 Å². The summed E-state index contributed by atoms with van der Waals surface area (Å²) in [5, 5.41) is 7.59. The number of aromatic nitrogens is 2. The van der Waals surface area contributed by atoms with Crippen LogP contribution in [0.2, 0.25) is 0 Å². The van der Waals surface area contributed by atoms with Crippen LogP contribution in [0.15, 0.2) is 12.3 Å². The van der Waals surface area contributed by atoms with E-state index in [0.717, 1.165) is 12.1 Å². The van der Waals surface area contributed by atoms with Gasteiger partial charge in [-0.15, -0.1) is 0 Å². The zero-order valence-electron chi connectivity index (χ0n) is 15.0. The number of carbonyl (C=O) groups excluding carboxylic acids is 1. The number of carbonyl (C=O) groups is 1. The van der Waals surface area contributed by atoms with E-state index < -0.39 is 0 Å². The number of rotatable bonds is 6. The third-order valence-electron chi connectivity index (χ3n) is 5.68. The van der Waals surface area contributed by atoms with Gasteiger partial charge in [0.1, 0.15) is 0 Å². The molecule has 1 saturated heterocycles. The molecule has 0 unspecified atom stereocenters. The molecule has 1 aromatic heterocycles. The Morgan fingerprint density at radius 1 is 1.21 bits per heavy atom. The van der Waals surface area contributed by atoms with Gasteiger partial charge in [0.05, 0.1) is 0 Å². The molecule has 134 valence electrons. The van der Waals surface area contributed by atoms with E-state index in [-0.39, 0.29) is 5.91 Å². The fourth-order valence-electron chi connectivity index (χ4n) is 4.21. The monoisotopic (exact) mass is 332 g/mol. The Kier molecular flexibility index (Phi) is 6.30. The molecule has 1 aliphatic carbocycles. The standard InChI is InChI=1S/C19H32N4O/c1-16-9-11-20-23(16)14-10-19(24)21-18-8-4-3-7-17(18)15-22-12-5-2-6-13-22/h9,11,17-18H,2-8,10,12-15H2,1H3,(H,21,24)/t17-,18+/m0/s1. The molecule has 3 rings (SSSR count). The lowest BCUT2D eigenvalue weighted by Gasteiger charge is -2.37. The van der Waals surface area contributed by atoms with Crippen molar-refractivity contribution in [3.8, 4) is 0 Å². The van der Waals surface area contributed by atoms with E-state index in [1.54, 1.807) is 6.20 Å². The Hall–Kier alpha value is -1.36. The molecule has 5 heteroatoms. The lowest BCUT2D eigenvalue weighted by Crippen LogP contribution is -2.47. The summed E-state index contributed by atoms with van der Waals surface area (Å²) in [4.78, 5) is 15.0. The third-order valence-corrected chi connectivity index (χ3v) is 5.68. The predicted octanol–water partition coefficient (Wildman–Crippen LogP) is 2.74. The number of nitrogens with zero attached hydrogens (tertiary/aromatic N) is 3. The smallest absolute Gasteiger partial charge is 0.222 e. The van der Waals surface area contributed by atoms with Crippen molar-refractivity contribution in [2.45, 2.75) is 70.9 Å². The first-order chi connectivity index (χ1) is 11.7. The highest BCUT2D eigenvalue weighted by molar-refractivity contribution is 5.76.